The molecule has 4 nitrogen and oxygen atoms in total. The van der Waals surface area contributed by atoms with E-state index in [9.17, 15) is 0 Å². The van der Waals surface area contributed by atoms with Crippen LogP contribution < -0.4 is 5.32 Å². The molecule has 5 heteroatoms. The first-order valence-corrected chi connectivity index (χ1v) is 7.24. The summed E-state index contributed by atoms with van der Waals surface area (Å²) in [5.41, 5.74) is 0. The second-order valence-electron chi connectivity index (χ2n) is 4.82. The summed E-state index contributed by atoms with van der Waals surface area (Å²) >= 11 is 1.82. The normalized spacial score (nSPS) is 27.5. The fraction of sp³-hybridized carbons (Fsp3) is 0.917. The highest BCUT2D eigenvalue weighted by atomic mass is 32.2. The lowest BCUT2D eigenvalue weighted by Crippen LogP contribution is -2.41. The van der Waals surface area contributed by atoms with Crippen molar-refractivity contribution in [2.75, 3.05) is 46.2 Å². The van der Waals surface area contributed by atoms with Gasteiger partial charge in [-0.05, 0) is 26.9 Å². The van der Waals surface area contributed by atoms with Crippen molar-refractivity contribution in [3.63, 3.8) is 0 Å². The highest BCUT2D eigenvalue weighted by molar-refractivity contribution is 8.13. The summed E-state index contributed by atoms with van der Waals surface area (Å²) < 4.78 is 5.50. The van der Waals surface area contributed by atoms with Gasteiger partial charge in [0.15, 0.2) is 5.17 Å². The Morgan fingerprint density at radius 2 is 2.18 bits per heavy atom. The van der Waals surface area contributed by atoms with E-state index < -0.39 is 0 Å². The molecule has 0 aromatic heterocycles. The molecule has 0 aliphatic carbocycles. The van der Waals surface area contributed by atoms with E-state index in [-0.39, 0.29) is 0 Å². The van der Waals surface area contributed by atoms with Crippen LogP contribution in [-0.2, 0) is 4.74 Å². The first-order chi connectivity index (χ1) is 8.09. The molecule has 2 atom stereocenters. The number of amidine groups is 1. The van der Waals surface area contributed by atoms with Gasteiger partial charge >= 0.3 is 0 Å². The van der Waals surface area contributed by atoms with E-state index in [1.807, 2.05) is 11.8 Å². The molecule has 0 amide bonds. The molecule has 1 fully saturated rings. The lowest BCUT2D eigenvalue weighted by Gasteiger charge is -2.28. The average molecular weight is 259 g/mol. The third-order valence-corrected chi connectivity index (χ3v) is 4.07. The molecule has 1 aliphatic heterocycles. The van der Waals surface area contributed by atoms with Gasteiger partial charge in [0.2, 0.25) is 0 Å². The van der Waals surface area contributed by atoms with E-state index in [4.69, 9.17) is 4.74 Å². The minimum Gasteiger partial charge on any atom is -0.378 e. The van der Waals surface area contributed by atoms with Gasteiger partial charge in [0.1, 0.15) is 0 Å². The smallest absolute Gasteiger partial charge is 0.156 e. The first-order valence-electron chi connectivity index (χ1n) is 6.26. The molecule has 0 bridgehead atoms. The molecule has 17 heavy (non-hydrogen) atoms. The Morgan fingerprint density at radius 1 is 1.41 bits per heavy atom. The summed E-state index contributed by atoms with van der Waals surface area (Å²) in [7, 11) is 4.10. The van der Waals surface area contributed by atoms with Crippen LogP contribution in [0, 0.1) is 5.92 Å². The quantitative estimate of drug-likeness (QED) is 0.729. The van der Waals surface area contributed by atoms with Crippen molar-refractivity contribution in [3.05, 3.63) is 0 Å². The van der Waals surface area contributed by atoms with Gasteiger partial charge in [0, 0.05) is 18.3 Å². The number of nitrogens with one attached hydrogen (secondary N) is 1. The number of rotatable bonds is 6. The Balaban J connectivity index is 2.08. The highest BCUT2D eigenvalue weighted by Crippen LogP contribution is 2.18. The average Bonchev–Trinajstić information content (AvgIpc) is 2.27. The predicted octanol–water partition coefficient (Wildman–Crippen LogP) is 1.28. The monoisotopic (exact) mass is 259 g/mol. The van der Waals surface area contributed by atoms with Gasteiger partial charge in [0.05, 0.1) is 19.8 Å². The van der Waals surface area contributed by atoms with Crippen LogP contribution in [0.15, 0.2) is 4.99 Å². The maximum atomic E-state index is 5.50. The Morgan fingerprint density at radius 3 is 2.82 bits per heavy atom. The van der Waals surface area contributed by atoms with Crippen LogP contribution in [0.1, 0.15) is 13.8 Å². The Kier molecular flexibility index (Phi) is 6.92. The second kappa shape index (κ2) is 7.95. The molecule has 1 saturated heterocycles. The molecule has 100 valence electrons. The summed E-state index contributed by atoms with van der Waals surface area (Å²) in [5, 5.41) is 4.50. The van der Waals surface area contributed by atoms with E-state index >= 15 is 0 Å². The van der Waals surface area contributed by atoms with Crippen LogP contribution in [-0.4, -0.2) is 62.3 Å². The van der Waals surface area contributed by atoms with Crippen molar-refractivity contribution in [3.8, 4) is 0 Å². The zero-order chi connectivity index (χ0) is 12.7. The van der Waals surface area contributed by atoms with Crippen molar-refractivity contribution in [1.82, 2.24) is 10.2 Å². The molecule has 1 aliphatic rings. The van der Waals surface area contributed by atoms with Gasteiger partial charge in [-0.1, -0.05) is 18.7 Å². The summed E-state index contributed by atoms with van der Waals surface area (Å²) in [6, 6.07) is 0.532. The van der Waals surface area contributed by atoms with Gasteiger partial charge in [-0.2, -0.15) is 0 Å². The van der Waals surface area contributed by atoms with Crippen LogP contribution in [0.2, 0.25) is 0 Å². The maximum Gasteiger partial charge on any atom is 0.156 e. The maximum absolute atomic E-state index is 5.50. The number of ether oxygens (including phenoxy) is 1. The molecule has 0 aromatic rings. The second-order valence-corrected chi connectivity index (χ2v) is 5.83. The van der Waals surface area contributed by atoms with E-state index in [1.54, 1.807) is 0 Å². The molecule has 0 spiro atoms. The van der Waals surface area contributed by atoms with Gasteiger partial charge in [0.25, 0.3) is 0 Å². The minimum atomic E-state index is 0.532. The summed E-state index contributed by atoms with van der Waals surface area (Å²) in [6.45, 7) is 7.71. The Labute approximate surface area is 109 Å². The van der Waals surface area contributed by atoms with Gasteiger partial charge in [-0.3, -0.25) is 4.99 Å². The van der Waals surface area contributed by atoms with Gasteiger partial charge in [-0.15, -0.1) is 0 Å². The van der Waals surface area contributed by atoms with Crippen molar-refractivity contribution >= 4 is 16.9 Å². The molecule has 1 N–H and O–H groups in total. The topological polar surface area (TPSA) is 36.9 Å². The fourth-order valence-electron chi connectivity index (χ4n) is 1.39. The number of hydrogen-bond acceptors (Lipinski definition) is 4. The van der Waals surface area contributed by atoms with Gasteiger partial charge in [-0.25, -0.2) is 0 Å². The summed E-state index contributed by atoms with van der Waals surface area (Å²) in [6.07, 6.45) is 0. The van der Waals surface area contributed by atoms with Crippen molar-refractivity contribution in [1.29, 1.82) is 0 Å². The van der Waals surface area contributed by atoms with Crippen molar-refractivity contribution in [2.24, 2.45) is 10.9 Å². The number of hydrogen-bond donors (Lipinski definition) is 1. The number of likely N-dealkylation sites (N-methyl/N-ethyl adjacent to an activating group) is 1. The van der Waals surface area contributed by atoms with Crippen molar-refractivity contribution in [2.45, 2.75) is 19.9 Å². The van der Waals surface area contributed by atoms with E-state index in [2.05, 4.69) is 43.2 Å². The Hall–Kier alpha value is -0.260. The largest absolute Gasteiger partial charge is 0.378 e. The minimum absolute atomic E-state index is 0.532. The molecule has 1 heterocycles. The zero-order valence-electron chi connectivity index (χ0n) is 11.4. The zero-order valence-corrected chi connectivity index (χ0v) is 12.2. The first kappa shape index (κ1) is 14.8. The molecule has 2 unspecified atom stereocenters. The molecule has 1 rings (SSSR count). The Bertz CT molecular complexity index is 246. The summed E-state index contributed by atoms with van der Waals surface area (Å²) in [5.74, 6) is 1.88. The summed E-state index contributed by atoms with van der Waals surface area (Å²) in [4.78, 5) is 6.63. The number of thioether (sulfide) groups is 1. The molecule has 0 aromatic carbocycles. The molecule has 0 radical (unpaired) electrons. The van der Waals surface area contributed by atoms with E-state index in [1.165, 1.54) is 0 Å². The van der Waals surface area contributed by atoms with Crippen LogP contribution in [0.25, 0.3) is 0 Å². The van der Waals surface area contributed by atoms with Crippen LogP contribution in [0.4, 0.5) is 0 Å². The third kappa shape index (κ3) is 6.29. The molecular formula is C12H25N3OS. The standard InChI is InChI=1S/C12H25N3OS/c1-10-9-17-12(14-11(10)2)13-5-7-16-8-6-15(3)4/h10-11H,5-9H2,1-4H3,(H,13,14). The molecular weight excluding hydrogens is 234 g/mol. The van der Waals surface area contributed by atoms with Crippen LogP contribution in [0.5, 0.6) is 0 Å². The lowest BCUT2D eigenvalue weighted by atomic mass is 10.1. The van der Waals surface area contributed by atoms with Crippen molar-refractivity contribution < 1.29 is 4.74 Å². The lowest BCUT2D eigenvalue weighted by molar-refractivity contribution is 0.124. The van der Waals surface area contributed by atoms with E-state index in [0.717, 1.165) is 36.5 Å². The SMILES string of the molecule is CC1CSC(=NCCOCCN(C)C)NC1C. The third-order valence-electron chi connectivity index (χ3n) is 2.86. The fourth-order valence-corrected chi connectivity index (χ4v) is 2.55. The van der Waals surface area contributed by atoms with Gasteiger partial charge < -0.3 is 15.0 Å². The van der Waals surface area contributed by atoms with Crippen LogP contribution in [0.3, 0.4) is 0 Å². The van der Waals surface area contributed by atoms with E-state index in [0.29, 0.717) is 12.6 Å². The highest BCUT2D eigenvalue weighted by Gasteiger charge is 2.20. The number of nitrogens with zero attached hydrogens (tertiary/aromatic N) is 2. The number of aliphatic imine (C=N–C) groups is 1. The molecule has 0 saturated carbocycles. The van der Waals surface area contributed by atoms with Crippen LogP contribution >= 0.6 is 11.8 Å². The predicted molar refractivity (Wildman–Crippen MR) is 75.9 cm³/mol.